The van der Waals surface area contributed by atoms with Gasteiger partial charge in [0.25, 0.3) is 11.3 Å². The highest BCUT2D eigenvalue weighted by Gasteiger charge is 2.30. The Kier molecular flexibility index (Phi) is 4.74. The number of ether oxygens (including phenoxy) is 1. The predicted molar refractivity (Wildman–Crippen MR) is 116 cm³/mol. The number of hydrogen-bond donors (Lipinski definition) is 2. The van der Waals surface area contributed by atoms with Crippen LogP contribution in [0.25, 0.3) is 17.2 Å². The number of H-pyrrole nitrogens is 1. The summed E-state index contributed by atoms with van der Waals surface area (Å²) in [5.41, 5.74) is 2.61. The number of nitrogens with zero attached hydrogens (tertiary/aromatic N) is 3. The standard InChI is InChI=1S/C23H21N5O3/c1-14-6-5-9-18(20(14)25-22(30)16-10-11-16)31-13-17-12-19(29)28-23(24-17)26-21(27-28)15-7-3-2-4-8-15/h2-9,12,16H,10-11,13H2,1H3,(H,25,30)(H,24,26,27). The SMILES string of the molecule is Cc1cccc(OCc2cc(=O)n3[nH]c(-c4ccccc4)nc3n2)c1NC(=O)C1CC1. The van der Waals surface area contributed by atoms with Gasteiger partial charge in [-0.2, -0.15) is 9.50 Å². The highest BCUT2D eigenvalue weighted by molar-refractivity contribution is 5.96. The molecule has 0 bridgehead atoms. The maximum Gasteiger partial charge on any atom is 0.274 e. The first-order chi connectivity index (χ1) is 15.1. The van der Waals surface area contributed by atoms with E-state index in [1.807, 2.05) is 49.4 Å². The molecule has 1 saturated carbocycles. The average Bonchev–Trinajstić information content (AvgIpc) is 3.54. The van der Waals surface area contributed by atoms with Crippen LogP contribution in [-0.4, -0.2) is 25.5 Å². The van der Waals surface area contributed by atoms with E-state index in [4.69, 9.17) is 4.74 Å². The Balaban J connectivity index is 1.39. The minimum absolute atomic E-state index is 0.0157. The number of anilines is 1. The average molecular weight is 415 g/mol. The zero-order chi connectivity index (χ0) is 21.4. The summed E-state index contributed by atoms with van der Waals surface area (Å²) >= 11 is 0. The third kappa shape index (κ3) is 3.92. The fraction of sp³-hybridized carbons (Fsp3) is 0.217. The van der Waals surface area contributed by atoms with Crippen molar-refractivity contribution in [1.29, 1.82) is 0 Å². The second-order valence-electron chi connectivity index (χ2n) is 7.66. The Labute approximate surface area is 177 Å². The molecule has 31 heavy (non-hydrogen) atoms. The molecule has 1 aliphatic carbocycles. The number of hydrogen-bond acceptors (Lipinski definition) is 5. The lowest BCUT2D eigenvalue weighted by molar-refractivity contribution is -0.117. The molecule has 8 nitrogen and oxygen atoms in total. The molecule has 2 aromatic carbocycles. The van der Waals surface area contributed by atoms with Crippen molar-refractivity contribution in [2.45, 2.75) is 26.4 Å². The molecule has 0 saturated heterocycles. The van der Waals surface area contributed by atoms with Crippen LogP contribution in [0, 0.1) is 12.8 Å². The summed E-state index contributed by atoms with van der Waals surface area (Å²) < 4.78 is 7.24. The van der Waals surface area contributed by atoms with E-state index >= 15 is 0 Å². The van der Waals surface area contributed by atoms with E-state index in [2.05, 4.69) is 20.4 Å². The number of benzene rings is 2. The Morgan fingerprint density at radius 3 is 2.74 bits per heavy atom. The van der Waals surface area contributed by atoms with Gasteiger partial charge in [0.05, 0.1) is 11.4 Å². The van der Waals surface area contributed by atoms with Gasteiger partial charge in [0.15, 0.2) is 5.82 Å². The van der Waals surface area contributed by atoms with Crippen LogP contribution in [0.5, 0.6) is 5.75 Å². The van der Waals surface area contributed by atoms with Gasteiger partial charge in [-0.25, -0.2) is 4.98 Å². The molecule has 0 aliphatic heterocycles. The largest absolute Gasteiger partial charge is 0.485 e. The fourth-order valence-electron chi connectivity index (χ4n) is 3.37. The van der Waals surface area contributed by atoms with Crippen LogP contribution in [-0.2, 0) is 11.4 Å². The molecule has 2 aromatic heterocycles. The molecule has 1 fully saturated rings. The van der Waals surface area contributed by atoms with Crippen LogP contribution >= 0.6 is 0 Å². The first-order valence-electron chi connectivity index (χ1n) is 10.2. The number of rotatable bonds is 6. The van der Waals surface area contributed by atoms with Crippen LogP contribution in [0.3, 0.4) is 0 Å². The first-order valence-corrected chi connectivity index (χ1v) is 10.2. The summed E-state index contributed by atoms with van der Waals surface area (Å²) in [6, 6.07) is 16.5. The van der Waals surface area contributed by atoms with Crippen LogP contribution < -0.4 is 15.6 Å². The summed E-state index contributed by atoms with van der Waals surface area (Å²) in [5.74, 6) is 1.49. The molecule has 0 spiro atoms. The van der Waals surface area contributed by atoms with Gasteiger partial charge in [0, 0.05) is 17.5 Å². The van der Waals surface area contributed by atoms with Crippen LogP contribution in [0.4, 0.5) is 5.69 Å². The zero-order valence-electron chi connectivity index (χ0n) is 17.0. The summed E-state index contributed by atoms with van der Waals surface area (Å²) in [4.78, 5) is 33.7. The lowest BCUT2D eigenvalue weighted by atomic mass is 10.1. The Morgan fingerprint density at radius 2 is 1.97 bits per heavy atom. The third-order valence-corrected chi connectivity index (χ3v) is 5.24. The van der Waals surface area contributed by atoms with Crippen molar-refractivity contribution in [1.82, 2.24) is 19.6 Å². The molecule has 1 aliphatic rings. The molecule has 0 unspecified atom stereocenters. The van der Waals surface area contributed by atoms with E-state index in [1.54, 1.807) is 6.07 Å². The monoisotopic (exact) mass is 415 g/mol. The van der Waals surface area contributed by atoms with Gasteiger partial charge in [-0.3, -0.25) is 14.7 Å². The minimum Gasteiger partial charge on any atom is -0.485 e. The van der Waals surface area contributed by atoms with E-state index in [0.717, 1.165) is 24.0 Å². The number of aryl methyl sites for hydroxylation is 1. The van der Waals surface area contributed by atoms with Gasteiger partial charge in [-0.15, -0.1) is 0 Å². The van der Waals surface area contributed by atoms with Gasteiger partial charge in [-0.1, -0.05) is 42.5 Å². The number of amides is 1. The molecular formula is C23H21N5O3. The van der Waals surface area contributed by atoms with E-state index in [9.17, 15) is 9.59 Å². The van der Waals surface area contributed by atoms with Crippen molar-refractivity contribution in [2.75, 3.05) is 5.32 Å². The van der Waals surface area contributed by atoms with E-state index in [1.165, 1.54) is 10.6 Å². The first kappa shape index (κ1) is 19.0. The van der Waals surface area contributed by atoms with Crippen molar-refractivity contribution < 1.29 is 9.53 Å². The third-order valence-electron chi connectivity index (χ3n) is 5.24. The van der Waals surface area contributed by atoms with Crippen molar-refractivity contribution in [3.63, 3.8) is 0 Å². The second-order valence-corrected chi connectivity index (χ2v) is 7.66. The van der Waals surface area contributed by atoms with Gasteiger partial charge in [0.2, 0.25) is 5.91 Å². The van der Waals surface area contributed by atoms with Crippen LogP contribution in [0.1, 0.15) is 24.1 Å². The van der Waals surface area contributed by atoms with Gasteiger partial charge < -0.3 is 10.1 Å². The molecule has 5 rings (SSSR count). The molecule has 1 amide bonds. The van der Waals surface area contributed by atoms with Gasteiger partial charge in [0.1, 0.15) is 12.4 Å². The molecular weight excluding hydrogens is 394 g/mol. The molecule has 0 atom stereocenters. The Morgan fingerprint density at radius 1 is 1.16 bits per heavy atom. The number of para-hydroxylation sites is 1. The zero-order valence-corrected chi connectivity index (χ0v) is 17.0. The topological polar surface area (TPSA) is 101 Å². The lowest BCUT2D eigenvalue weighted by Crippen LogP contribution is -2.17. The van der Waals surface area contributed by atoms with Crippen molar-refractivity contribution >= 4 is 17.4 Å². The summed E-state index contributed by atoms with van der Waals surface area (Å²) in [7, 11) is 0. The number of aromatic amines is 1. The Hall–Kier alpha value is -3.94. The van der Waals surface area contributed by atoms with Crippen LogP contribution in [0.2, 0.25) is 0 Å². The fourth-order valence-corrected chi connectivity index (χ4v) is 3.37. The highest BCUT2D eigenvalue weighted by Crippen LogP contribution is 2.34. The number of nitrogens with one attached hydrogen (secondary N) is 2. The van der Waals surface area contributed by atoms with E-state index in [0.29, 0.717) is 23.0 Å². The quantitative estimate of drug-likeness (QED) is 0.503. The van der Waals surface area contributed by atoms with E-state index in [-0.39, 0.29) is 29.8 Å². The minimum atomic E-state index is -0.273. The summed E-state index contributed by atoms with van der Waals surface area (Å²) in [6.07, 6.45) is 1.85. The van der Waals surface area contributed by atoms with Crippen molar-refractivity contribution in [3.05, 3.63) is 76.2 Å². The normalized spacial score (nSPS) is 13.3. The molecule has 2 heterocycles. The van der Waals surface area contributed by atoms with Crippen molar-refractivity contribution in [2.24, 2.45) is 5.92 Å². The predicted octanol–water partition coefficient (Wildman–Crippen LogP) is 3.32. The molecule has 4 aromatic rings. The number of aromatic nitrogens is 4. The van der Waals surface area contributed by atoms with E-state index < -0.39 is 0 Å². The molecule has 156 valence electrons. The highest BCUT2D eigenvalue weighted by atomic mass is 16.5. The summed E-state index contributed by atoms with van der Waals surface area (Å²) in [5, 5.41) is 5.95. The second kappa shape index (κ2) is 7.71. The molecule has 0 radical (unpaired) electrons. The maximum atomic E-state index is 12.5. The van der Waals surface area contributed by atoms with Gasteiger partial charge in [-0.05, 0) is 31.4 Å². The lowest BCUT2D eigenvalue weighted by Gasteiger charge is -2.14. The smallest absolute Gasteiger partial charge is 0.274 e. The molecule has 2 N–H and O–H groups in total. The maximum absolute atomic E-state index is 12.5. The number of carbonyl (C=O) groups is 1. The number of carbonyl (C=O) groups excluding carboxylic acids is 1. The van der Waals surface area contributed by atoms with Crippen molar-refractivity contribution in [3.8, 4) is 17.1 Å². The Bertz CT molecular complexity index is 1320. The van der Waals surface area contributed by atoms with Gasteiger partial charge >= 0.3 is 0 Å². The van der Waals surface area contributed by atoms with Crippen LogP contribution in [0.15, 0.2) is 59.4 Å². The summed E-state index contributed by atoms with van der Waals surface area (Å²) in [6.45, 7) is 2.00. The molecule has 8 heteroatoms. The number of fused-ring (bicyclic) bond motifs is 1.